The lowest BCUT2D eigenvalue weighted by Crippen LogP contribution is -2.39. The summed E-state index contributed by atoms with van der Waals surface area (Å²) < 4.78 is 0. The number of rotatable bonds is 3. The van der Waals surface area contributed by atoms with Gasteiger partial charge in [-0.05, 0) is 24.1 Å². The van der Waals surface area contributed by atoms with Crippen LogP contribution in [-0.2, 0) is 6.42 Å². The van der Waals surface area contributed by atoms with Gasteiger partial charge in [-0.15, -0.1) is 0 Å². The molecule has 6 N–H and O–H groups in total. The topological polar surface area (TPSA) is 77.4 Å². The SMILES string of the molecule is Nc1ccc(CCN2CCNCCNCCNCCNCC2)cc1. The lowest BCUT2D eigenvalue weighted by atomic mass is 10.1. The fourth-order valence-corrected chi connectivity index (χ4v) is 2.81. The smallest absolute Gasteiger partial charge is 0.0314 e. The quantitative estimate of drug-likeness (QED) is 0.479. The molecule has 0 saturated carbocycles. The van der Waals surface area contributed by atoms with E-state index in [-0.39, 0.29) is 0 Å². The Morgan fingerprint density at radius 2 is 1.17 bits per heavy atom. The van der Waals surface area contributed by atoms with Crippen molar-refractivity contribution in [2.45, 2.75) is 6.42 Å². The molecule has 136 valence electrons. The average Bonchev–Trinajstić information content (AvgIpc) is 2.61. The molecule has 6 heteroatoms. The van der Waals surface area contributed by atoms with Crippen LogP contribution in [0.5, 0.6) is 0 Å². The molecule has 0 atom stereocenters. The van der Waals surface area contributed by atoms with E-state index in [1.54, 1.807) is 0 Å². The molecule has 1 aliphatic heterocycles. The molecular weight excluding hydrogens is 300 g/mol. The van der Waals surface area contributed by atoms with Gasteiger partial charge in [-0.1, -0.05) is 12.1 Å². The van der Waals surface area contributed by atoms with Crippen LogP contribution >= 0.6 is 0 Å². The van der Waals surface area contributed by atoms with E-state index in [9.17, 15) is 0 Å². The van der Waals surface area contributed by atoms with Gasteiger partial charge in [-0.3, -0.25) is 0 Å². The van der Waals surface area contributed by atoms with Gasteiger partial charge in [0.2, 0.25) is 0 Å². The second-order valence-corrected chi connectivity index (χ2v) is 6.33. The zero-order valence-corrected chi connectivity index (χ0v) is 14.8. The van der Waals surface area contributed by atoms with Crippen molar-refractivity contribution in [3.63, 3.8) is 0 Å². The van der Waals surface area contributed by atoms with Crippen molar-refractivity contribution in [3.05, 3.63) is 29.8 Å². The first kappa shape index (κ1) is 19.1. The molecule has 6 nitrogen and oxygen atoms in total. The van der Waals surface area contributed by atoms with Crippen molar-refractivity contribution >= 4 is 5.69 Å². The predicted octanol–water partition coefficient (Wildman–Crippen LogP) is -0.515. The number of nitrogen functional groups attached to an aromatic ring is 1. The summed E-state index contributed by atoms with van der Waals surface area (Å²) in [6.07, 6.45) is 1.07. The number of nitrogens with two attached hydrogens (primary N) is 1. The van der Waals surface area contributed by atoms with Gasteiger partial charge >= 0.3 is 0 Å². The molecule has 1 heterocycles. The fraction of sp³-hybridized carbons (Fsp3) is 0.667. The summed E-state index contributed by atoms with van der Waals surface area (Å²) in [5, 5.41) is 14.0. The normalized spacial score (nSPS) is 20.2. The van der Waals surface area contributed by atoms with Gasteiger partial charge in [-0.25, -0.2) is 0 Å². The van der Waals surface area contributed by atoms with Crippen LogP contribution in [0.3, 0.4) is 0 Å². The van der Waals surface area contributed by atoms with Crippen LogP contribution in [0.1, 0.15) is 5.56 Å². The van der Waals surface area contributed by atoms with Crippen LogP contribution in [0.4, 0.5) is 5.69 Å². The molecule has 2 rings (SSSR count). The van der Waals surface area contributed by atoms with Crippen LogP contribution < -0.4 is 27.0 Å². The van der Waals surface area contributed by atoms with Gasteiger partial charge in [-0.2, -0.15) is 0 Å². The minimum atomic E-state index is 0.837. The van der Waals surface area contributed by atoms with Gasteiger partial charge in [0, 0.05) is 77.7 Å². The Bertz CT molecular complexity index is 406. The molecule has 0 bridgehead atoms. The molecule has 1 aliphatic rings. The highest BCUT2D eigenvalue weighted by Gasteiger charge is 2.05. The highest BCUT2D eigenvalue weighted by atomic mass is 15.2. The first-order chi connectivity index (χ1) is 11.8. The number of benzene rings is 1. The standard InChI is InChI=1S/C18H34N6/c19-18-3-1-17(2-4-18)5-14-24-15-12-22-10-8-20-6-7-21-9-11-23-13-16-24/h1-4,20-23H,5-16,19H2. The van der Waals surface area contributed by atoms with E-state index in [0.717, 1.165) is 84.1 Å². The van der Waals surface area contributed by atoms with Gasteiger partial charge in [0.25, 0.3) is 0 Å². The lowest BCUT2D eigenvalue weighted by Gasteiger charge is -2.23. The van der Waals surface area contributed by atoms with E-state index in [0.29, 0.717) is 0 Å². The predicted molar refractivity (Wildman–Crippen MR) is 102 cm³/mol. The summed E-state index contributed by atoms with van der Waals surface area (Å²) in [4.78, 5) is 2.54. The number of anilines is 1. The molecule has 0 amide bonds. The van der Waals surface area contributed by atoms with E-state index < -0.39 is 0 Å². The maximum Gasteiger partial charge on any atom is 0.0314 e. The molecular formula is C18H34N6. The molecule has 1 aromatic carbocycles. The molecule has 0 aliphatic carbocycles. The third kappa shape index (κ3) is 8.61. The van der Waals surface area contributed by atoms with E-state index in [4.69, 9.17) is 5.73 Å². The van der Waals surface area contributed by atoms with Crippen molar-refractivity contribution in [2.75, 3.05) is 77.7 Å². The van der Waals surface area contributed by atoms with Gasteiger partial charge < -0.3 is 31.9 Å². The minimum Gasteiger partial charge on any atom is -0.399 e. The van der Waals surface area contributed by atoms with Crippen LogP contribution in [0.25, 0.3) is 0 Å². The Hall–Kier alpha value is -1.18. The molecule has 24 heavy (non-hydrogen) atoms. The van der Waals surface area contributed by atoms with E-state index in [2.05, 4.69) is 38.3 Å². The average molecular weight is 335 g/mol. The first-order valence-electron chi connectivity index (χ1n) is 9.24. The van der Waals surface area contributed by atoms with E-state index in [1.165, 1.54) is 5.56 Å². The van der Waals surface area contributed by atoms with Crippen LogP contribution in [-0.4, -0.2) is 76.9 Å². The summed E-state index contributed by atoms with van der Waals surface area (Å²) in [5.41, 5.74) is 7.95. The Morgan fingerprint density at radius 1 is 0.708 bits per heavy atom. The first-order valence-corrected chi connectivity index (χ1v) is 9.24. The number of nitrogens with zero attached hydrogens (tertiary/aromatic N) is 1. The molecule has 0 aromatic heterocycles. The second-order valence-electron chi connectivity index (χ2n) is 6.33. The monoisotopic (exact) mass is 334 g/mol. The summed E-state index contributed by atoms with van der Waals surface area (Å²) in [6.45, 7) is 11.6. The Morgan fingerprint density at radius 3 is 1.67 bits per heavy atom. The Labute approximate surface area is 146 Å². The van der Waals surface area contributed by atoms with E-state index >= 15 is 0 Å². The maximum atomic E-state index is 5.76. The van der Waals surface area contributed by atoms with Gasteiger partial charge in [0.05, 0.1) is 0 Å². The zero-order chi connectivity index (χ0) is 16.9. The van der Waals surface area contributed by atoms with Gasteiger partial charge in [0.15, 0.2) is 0 Å². The highest BCUT2D eigenvalue weighted by molar-refractivity contribution is 5.39. The number of hydrogen-bond acceptors (Lipinski definition) is 6. The third-order valence-corrected chi connectivity index (χ3v) is 4.34. The van der Waals surface area contributed by atoms with Gasteiger partial charge in [0.1, 0.15) is 0 Å². The van der Waals surface area contributed by atoms with E-state index in [1.807, 2.05) is 12.1 Å². The van der Waals surface area contributed by atoms with Crippen LogP contribution in [0.2, 0.25) is 0 Å². The summed E-state index contributed by atoms with van der Waals surface area (Å²) in [7, 11) is 0. The number of hydrogen-bond donors (Lipinski definition) is 5. The van der Waals surface area contributed by atoms with Crippen molar-refractivity contribution in [1.82, 2.24) is 26.2 Å². The molecule has 1 aromatic rings. The summed E-state index contributed by atoms with van der Waals surface area (Å²) in [6, 6.07) is 8.25. The summed E-state index contributed by atoms with van der Waals surface area (Å²) >= 11 is 0. The Kier molecular flexibility index (Phi) is 9.75. The largest absolute Gasteiger partial charge is 0.399 e. The molecule has 0 spiro atoms. The molecule has 1 fully saturated rings. The minimum absolute atomic E-state index is 0.837. The maximum absolute atomic E-state index is 5.76. The van der Waals surface area contributed by atoms with Crippen molar-refractivity contribution in [3.8, 4) is 0 Å². The van der Waals surface area contributed by atoms with Crippen LogP contribution in [0.15, 0.2) is 24.3 Å². The van der Waals surface area contributed by atoms with Crippen LogP contribution in [0, 0.1) is 0 Å². The molecule has 0 radical (unpaired) electrons. The third-order valence-electron chi connectivity index (χ3n) is 4.34. The fourth-order valence-electron chi connectivity index (χ4n) is 2.81. The molecule has 1 saturated heterocycles. The zero-order valence-electron chi connectivity index (χ0n) is 14.8. The van der Waals surface area contributed by atoms with Crippen molar-refractivity contribution in [1.29, 1.82) is 0 Å². The highest BCUT2D eigenvalue weighted by Crippen LogP contribution is 2.06. The number of nitrogens with one attached hydrogen (secondary N) is 4. The lowest BCUT2D eigenvalue weighted by molar-refractivity contribution is 0.276. The molecule has 0 unspecified atom stereocenters. The Balaban J connectivity index is 1.74. The second kappa shape index (κ2) is 12.2. The van der Waals surface area contributed by atoms with Crippen molar-refractivity contribution < 1.29 is 0 Å². The summed E-state index contributed by atoms with van der Waals surface area (Å²) in [5.74, 6) is 0. The van der Waals surface area contributed by atoms with Crippen molar-refractivity contribution in [2.24, 2.45) is 0 Å².